The quantitative estimate of drug-likeness (QED) is 0.733. The maximum atomic E-state index is 11.8. The largest absolute Gasteiger partial charge is 0.481 e. The zero-order chi connectivity index (χ0) is 12.1. The number of carbonyl (C=O) groups excluding carboxylic acids is 1. The number of nitrogens with zero attached hydrogens (tertiary/aromatic N) is 1. The lowest BCUT2D eigenvalue weighted by Crippen LogP contribution is -2.46. The van der Waals surface area contributed by atoms with Crippen LogP contribution in [-0.2, 0) is 9.53 Å². The molecule has 1 amide bonds. The SMILES string of the molecule is CC(C)(C)OC(=O)N1C[C@H]2C[C@@H]1[C@H]2C(=O)O. The van der Waals surface area contributed by atoms with Gasteiger partial charge in [-0.3, -0.25) is 4.79 Å². The summed E-state index contributed by atoms with van der Waals surface area (Å²) in [6, 6.07) is -0.155. The Labute approximate surface area is 94.4 Å². The second-order valence-corrected chi connectivity index (χ2v) is 5.56. The van der Waals surface area contributed by atoms with E-state index in [-0.39, 0.29) is 24.0 Å². The van der Waals surface area contributed by atoms with E-state index in [9.17, 15) is 9.59 Å². The van der Waals surface area contributed by atoms with Gasteiger partial charge in [-0.1, -0.05) is 0 Å². The number of carboxylic acids is 1. The first-order chi connectivity index (χ1) is 7.29. The van der Waals surface area contributed by atoms with Gasteiger partial charge in [-0.25, -0.2) is 4.79 Å². The lowest BCUT2D eigenvalue weighted by atomic mass is 9.74. The maximum Gasteiger partial charge on any atom is 0.410 e. The number of fused-ring (bicyclic) bond motifs is 1. The average Bonchev–Trinajstić information content (AvgIpc) is 2.53. The molecule has 90 valence electrons. The molecule has 2 heterocycles. The molecule has 5 heteroatoms. The summed E-state index contributed by atoms with van der Waals surface area (Å²) in [5.74, 6) is -1.06. The fourth-order valence-corrected chi connectivity index (χ4v) is 2.52. The summed E-state index contributed by atoms with van der Waals surface area (Å²) in [4.78, 5) is 24.3. The topological polar surface area (TPSA) is 66.8 Å². The standard InChI is InChI=1S/C11H17NO4/c1-11(2,3)16-10(15)12-5-6-4-7(12)8(6)9(13)14/h6-8H,4-5H2,1-3H3,(H,13,14)/t6-,7-,8+/m1/s1. The summed E-state index contributed by atoms with van der Waals surface area (Å²) in [5, 5.41) is 8.97. The minimum Gasteiger partial charge on any atom is -0.481 e. The maximum absolute atomic E-state index is 11.8. The van der Waals surface area contributed by atoms with Crippen molar-refractivity contribution in [3.8, 4) is 0 Å². The van der Waals surface area contributed by atoms with Gasteiger partial charge in [0.2, 0.25) is 0 Å². The Morgan fingerprint density at radius 1 is 1.38 bits per heavy atom. The monoisotopic (exact) mass is 227 g/mol. The van der Waals surface area contributed by atoms with E-state index >= 15 is 0 Å². The van der Waals surface area contributed by atoms with Crippen molar-refractivity contribution in [1.82, 2.24) is 4.90 Å². The van der Waals surface area contributed by atoms with Crippen LogP contribution in [0.5, 0.6) is 0 Å². The van der Waals surface area contributed by atoms with Crippen molar-refractivity contribution in [2.75, 3.05) is 6.54 Å². The Balaban J connectivity index is 1.99. The fraction of sp³-hybridized carbons (Fsp3) is 0.818. The second kappa shape index (κ2) is 3.37. The average molecular weight is 227 g/mol. The van der Waals surface area contributed by atoms with Crippen LogP contribution in [0, 0.1) is 11.8 Å². The van der Waals surface area contributed by atoms with Crippen molar-refractivity contribution in [3.05, 3.63) is 0 Å². The van der Waals surface area contributed by atoms with Gasteiger partial charge < -0.3 is 14.7 Å². The molecule has 2 saturated heterocycles. The molecule has 0 unspecified atom stereocenters. The molecule has 0 aromatic carbocycles. The highest BCUT2D eigenvalue weighted by Gasteiger charge is 2.57. The van der Waals surface area contributed by atoms with Crippen LogP contribution < -0.4 is 0 Å². The van der Waals surface area contributed by atoms with Crippen LogP contribution in [0.3, 0.4) is 0 Å². The van der Waals surface area contributed by atoms with Gasteiger partial charge in [0.15, 0.2) is 0 Å². The summed E-state index contributed by atoms with van der Waals surface area (Å²) in [6.45, 7) is 5.94. The number of ether oxygens (including phenoxy) is 1. The molecule has 3 rings (SSSR count). The molecule has 16 heavy (non-hydrogen) atoms. The van der Waals surface area contributed by atoms with Crippen molar-refractivity contribution < 1.29 is 19.4 Å². The zero-order valence-corrected chi connectivity index (χ0v) is 9.77. The third-order valence-corrected chi connectivity index (χ3v) is 3.21. The van der Waals surface area contributed by atoms with Gasteiger partial charge in [0, 0.05) is 12.6 Å². The molecule has 0 aromatic rings. The minimum atomic E-state index is -0.799. The van der Waals surface area contributed by atoms with Crippen molar-refractivity contribution in [2.45, 2.75) is 38.8 Å². The predicted octanol–water partition coefficient (Wildman–Crippen LogP) is 1.33. The molecule has 1 aliphatic carbocycles. The highest BCUT2D eigenvalue weighted by Crippen LogP contribution is 2.46. The summed E-state index contributed by atoms with van der Waals surface area (Å²) >= 11 is 0. The Kier molecular flexibility index (Phi) is 2.36. The molecular formula is C11H17NO4. The smallest absolute Gasteiger partial charge is 0.410 e. The number of carbonyl (C=O) groups is 2. The highest BCUT2D eigenvalue weighted by atomic mass is 16.6. The van der Waals surface area contributed by atoms with Crippen LogP contribution in [-0.4, -0.2) is 40.3 Å². The van der Waals surface area contributed by atoms with E-state index in [4.69, 9.17) is 9.84 Å². The number of aliphatic carboxylic acids is 1. The molecule has 3 atom stereocenters. The lowest BCUT2D eigenvalue weighted by molar-refractivity contribution is -0.147. The minimum absolute atomic E-state index is 0.120. The van der Waals surface area contributed by atoms with Gasteiger partial charge in [0.1, 0.15) is 5.60 Å². The molecule has 1 saturated carbocycles. The van der Waals surface area contributed by atoms with E-state index in [0.717, 1.165) is 6.42 Å². The third kappa shape index (κ3) is 1.74. The fourth-order valence-electron chi connectivity index (χ4n) is 2.52. The first kappa shape index (κ1) is 11.2. The molecule has 3 aliphatic rings. The molecule has 2 bridgehead atoms. The first-order valence-corrected chi connectivity index (χ1v) is 5.52. The van der Waals surface area contributed by atoms with Gasteiger partial charge in [0.25, 0.3) is 0 Å². The molecule has 1 N–H and O–H groups in total. The Hall–Kier alpha value is -1.26. The van der Waals surface area contributed by atoms with Gasteiger partial charge in [0.05, 0.1) is 5.92 Å². The van der Waals surface area contributed by atoms with Gasteiger partial charge >= 0.3 is 12.1 Å². The van der Waals surface area contributed by atoms with E-state index in [1.165, 1.54) is 0 Å². The van der Waals surface area contributed by atoms with E-state index < -0.39 is 11.6 Å². The van der Waals surface area contributed by atoms with Crippen LogP contribution >= 0.6 is 0 Å². The van der Waals surface area contributed by atoms with E-state index in [1.807, 2.05) is 0 Å². The highest BCUT2D eigenvalue weighted by molar-refractivity contribution is 5.77. The number of amides is 1. The van der Waals surface area contributed by atoms with Crippen LogP contribution in [0.4, 0.5) is 4.79 Å². The third-order valence-electron chi connectivity index (χ3n) is 3.21. The second-order valence-electron chi connectivity index (χ2n) is 5.56. The Morgan fingerprint density at radius 2 is 2.00 bits per heavy atom. The van der Waals surface area contributed by atoms with Crippen LogP contribution in [0.1, 0.15) is 27.2 Å². The summed E-state index contributed by atoms with van der Waals surface area (Å²) in [6.07, 6.45) is 0.416. The number of rotatable bonds is 1. The Bertz CT molecular complexity index is 333. The molecule has 5 nitrogen and oxygen atoms in total. The molecule has 0 aromatic heterocycles. The normalized spacial score (nSPS) is 32.2. The molecule has 2 aliphatic heterocycles. The van der Waals surface area contributed by atoms with Crippen LogP contribution in [0.25, 0.3) is 0 Å². The van der Waals surface area contributed by atoms with Crippen molar-refractivity contribution >= 4 is 12.1 Å². The van der Waals surface area contributed by atoms with Gasteiger partial charge in [-0.15, -0.1) is 0 Å². The van der Waals surface area contributed by atoms with Gasteiger partial charge in [-0.05, 0) is 33.1 Å². The number of hydrogen-bond acceptors (Lipinski definition) is 3. The first-order valence-electron chi connectivity index (χ1n) is 5.52. The van der Waals surface area contributed by atoms with E-state index in [0.29, 0.717) is 6.54 Å². The number of carboxylic acid groups (broad SMARTS) is 1. The summed E-state index contributed by atoms with van der Waals surface area (Å²) in [7, 11) is 0. The van der Waals surface area contributed by atoms with E-state index in [1.54, 1.807) is 25.7 Å². The molecule has 0 spiro atoms. The Morgan fingerprint density at radius 3 is 2.44 bits per heavy atom. The van der Waals surface area contributed by atoms with E-state index in [2.05, 4.69) is 0 Å². The van der Waals surface area contributed by atoms with Gasteiger partial charge in [-0.2, -0.15) is 0 Å². The zero-order valence-electron chi connectivity index (χ0n) is 9.77. The van der Waals surface area contributed by atoms with Crippen LogP contribution in [0.2, 0.25) is 0 Å². The van der Waals surface area contributed by atoms with Crippen molar-refractivity contribution in [2.24, 2.45) is 11.8 Å². The molecule has 0 radical (unpaired) electrons. The van der Waals surface area contributed by atoms with Crippen molar-refractivity contribution in [1.29, 1.82) is 0 Å². The predicted molar refractivity (Wildman–Crippen MR) is 56.0 cm³/mol. The summed E-state index contributed by atoms with van der Waals surface area (Å²) < 4.78 is 5.24. The lowest BCUT2D eigenvalue weighted by Gasteiger charge is -2.33. The molecule has 3 fully saturated rings. The summed E-state index contributed by atoms with van der Waals surface area (Å²) in [5.41, 5.74) is -0.525. The molecular weight excluding hydrogens is 210 g/mol. The van der Waals surface area contributed by atoms with Crippen LogP contribution in [0.15, 0.2) is 0 Å². The van der Waals surface area contributed by atoms with Crippen molar-refractivity contribution in [3.63, 3.8) is 0 Å². The number of hydrogen-bond donors (Lipinski definition) is 1.